The molecule has 1 N–H and O–H groups in total. The summed E-state index contributed by atoms with van der Waals surface area (Å²) in [5.74, 6) is 1.80. The molecule has 0 spiro atoms. The zero-order chi connectivity index (χ0) is 26.9. The summed E-state index contributed by atoms with van der Waals surface area (Å²) in [6, 6.07) is 19.4. The number of para-hydroxylation sites is 1. The predicted octanol–water partition coefficient (Wildman–Crippen LogP) is 7.08. The van der Waals surface area contributed by atoms with Gasteiger partial charge in [0.25, 0.3) is 0 Å². The molecule has 3 aromatic rings. The number of urea groups is 1. The summed E-state index contributed by atoms with van der Waals surface area (Å²) >= 11 is 0. The first-order chi connectivity index (χ1) is 17.7. The molecule has 6 nitrogen and oxygen atoms in total. The zero-order valence-electron chi connectivity index (χ0n) is 22.7. The highest BCUT2D eigenvalue weighted by molar-refractivity contribution is 5.94. The number of hydrogen-bond donors (Lipinski definition) is 1. The Kier molecular flexibility index (Phi) is 9.72. The minimum atomic E-state index is -0.322. The van der Waals surface area contributed by atoms with Gasteiger partial charge < -0.3 is 19.5 Å². The topological polar surface area (TPSA) is 65.8 Å². The van der Waals surface area contributed by atoms with Crippen molar-refractivity contribution in [3.05, 3.63) is 102 Å². The van der Waals surface area contributed by atoms with E-state index in [0.29, 0.717) is 18.8 Å². The van der Waals surface area contributed by atoms with Crippen LogP contribution >= 0.6 is 0 Å². The molecular weight excluding hydrogens is 462 g/mol. The Morgan fingerprint density at radius 3 is 2.08 bits per heavy atom. The van der Waals surface area contributed by atoms with Gasteiger partial charge in [0, 0.05) is 18.8 Å². The fraction of sp³-hybridized carbons (Fsp3) is 0.355. The second kappa shape index (κ2) is 12.9. The second-order valence-corrected chi connectivity index (χ2v) is 9.97. The molecule has 3 rings (SSSR count). The van der Waals surface area contributed by atoms with Gasteiger partial charge in [-0.05, 0) is 47.6 Å². The molecule has 0 radical (unpaired) electrons. The number of aryl methyl sites for hydroxylation is 1. The Hall–Kier alpha value is -3.80. The van der Waals surface area contributed by atoms with Crippen molar-refractivity contribution in [3.63, 3.8) is 0 Å². The SMILES string of the molecule is C=CCN(CC(=O)N(Cc1ccccc1)Cc1ccc(C)o1)C(=O)Nc1c(C(C)C)cccc1C(C)C. The van der Waals surface area contributed by atoms with Crippen LogP contribution in [0.3, 0.4) is 0 Å². The normalized spacial score (nSPS) is 11.0. The fourth-order valence-corrected chi connectivity index (χ4v) is 4.31. The van der Waals surface area contributed by atoms with Crippen LogP contribution < -0.4 is 5.32 Å². The maximum absolute atomic E-state index is 13.6. The van der Waals surface area contributed by atoms with Gasteiger partial charge in [-0.2, -0.15) is 0 Å². The third-order valence-corrected chi connectivity index (χ3v) is 6.28. The van der Waals surface area contributed by atoms with Crippen molar-refractivity contribution in [2.24, 2.45) is 0 Å². The summed E-state index contributed by atoms with van der Waals surface area (Å²) in [6.45, 7) is 15.0. The Labute approximate surface area is 221 Å². The van der Waals surface area contributed by atoms with Crippen LogP contribution in [0.4, 0.5) is 10.5 Å². The van der Waals surface area contributed by atoms with Gasteiger partial charge in [-0.1, -0.05) is 82.3 Å². The first kappa shape index (κ1) is 27.8. The summed E-state index contributed by atoms with van der Waals surface area (Å²) < 4.78 is 5.75. The standard InChI is InChI=1S/C31H39N3O3/c1-7-18-33(31(36)32-30-27(22(2)3)14-11-15-28(30)23(4)5)21-29(35)34(19-25-12-9-8-10-13-25)20-26-17-16-24(6)37-26/h7-17,22-23H,1,18-21H2,2-6H3,(H,32,36). The molecule has 1 aromatic heterocycles. The molecule has 3 amide bonds. The Balaban J connectivity index is 1.83. The van der Waals surface area contributed by atoms with Gasteiger partial charge in [0.05, 0.1) is 6.54 Å². The van der Waals surface area contributed by atoms with E-state index in [9.17, 15) is 9.59 Å². The highest BCUT2D eigenvalue weighted by Gasteiger charge is 2.24. The molecule has 0 saturated carbocycles. The number of nitrogens with zero attached hydrogens (tertiary/aromatic N) is 2. The molecule has 0 aliphatic heterocycles. The van der Waals surface area contributed by atoms with E-state index in [-0.39, 0.29) is 36.9 Å². The van der Waals surface area contributed by atoms with Crippen molar-refractivity contribution >= 4 is 17.6 Å². The van der Waals surface area contributed by atoms with Crippen molar-refractivity contribution in [1.29, 1.82) is 0 Å². The molecule has 0 fully saturated rings. The van der Waals surface area contributed by atoms with Crippen molar-refractivity contribution in [2.75, 3.05) is 18.4 Å². The van der Waals surface area contributed by atoms with Crippen molar-refractivity contribution < 1.29 is 14.0 Å². The second-order valence-electron chi connectivity index (χ2n) is 9.97. The van der Waals surface area contributed by atoms with Crippen LogP contribution in [0.1, 0.15) is 67.7 Å². The Bertz CT molecular complexity index is 1170. The van der Waals surface area contributed by atoms with Crippen molar-refractivity contribution in [3.8, 4) is 0 Å². The molecule has 0 atom stereocenters. The lowest BCUT2D eigenvalue weighted by molar-refractivity contribution is -0.133. The minimum absolute atomic E-state index is 0.0781. The molecule has 6 heteroatoms. The van der Waals surface area contributed by atoms with Crippen LogP contribution in [0.5, 0.6) is 0 Å². The summed E-state index contributed by atoms with van der Waals surface area (Å²) in [4.78, 5) is 30.3. The monoisotopic (exact) mass is 501 g/mol. The van der Waals surface area contributed by atoms with Crippen LogP contribution in [0, 0.1) is 6.92 Å². The number of carbonyl (C=O) groups excluding carboxylic acids is 2. The van der Waals surface area contributed by atoms with E-state index >= 15 is 0 Å². The van der Waals surface area contributed by atoms with Gasteiger partial charge in [0.2, 0.25) is 5.91 Å². The van der Waals surface area contributed by atoms with E-state index < -0.39 is 0 Å². The maximum atomic E-state index is 13.6. The number of hydrogen-bond acceptors (Lipinski definition) is 3. The quantitative estimate of drug-likeness (QED) is 0.285. The lowest BCUT2D eigenvalue weighted by Gasteiger charge is -2.28. The Morgan fingerprint density at radius 1 is 0.892 bits per heavy atom. The predicted molar refractivity (Wildman–Crippen MR) is 150 cm³/mol. The number of benzene rings is 2. The first-order valence-electron chi connectivity index (χ1n) is 12.9. The molecule has 0 saturated heterocycles. The minimum Gasteiger partial charge on any atom is -0.464 e. The molecule has 0 bridgehead atoms. The smallest absolute Gasteiger partial charge is 0.322 e. The third-order valence-electron chi connectivity index (χ3n) is 6.28. The van der Waals surface area contributed by atoms with Crippen LogP contribution in [-0.2, 0) is 17.9 Å². The summed E-state index contributed by atoms with van der Waals surface area (Å²) in [7, 11) is 0. The number of carbonyl (C=O) groups is 2. The average molecular weight is 502 g/mol. The molecule has 1 heterocycles. The van der Waals surface area contributed by atoms with E-state index in [1.807, 2.05) is 67.6 Å². The van der Waals surface area contributed by atoms with E-state index in [0.717, 1.165) is 28.1 Å². The number of rotatable bonds is 11. The third kappa shape index (κ3) is 7.59. The molecule has 0 aliphatic carbocycles. The fourth-order valence-electron chi connectivity index (χ4n) is 4.31. The number of nitrogens with one attached hydrogen (secondary N) is 1. The molecular formula is C31H39N3O3. The van der Waals surface area contributed by atoms with E-state index in [1.165, 1.54) is 4.90 Å². The summed E-state index contributed by atoms with van der Waals surface area (Å²) in [6.07, 6.45) is 1.64. The molecule has 37 heavy (non-hydrogen) atoms. The van der Waals surface area contributed by atoms with Crippen LogP contribution in [0.25, 0.3) is 0 Å². The van der Waals surface area contributed by atoms with E-state index in [2.05, 4.69) is 39.6 Å². The molecule has 196 valence electrons. The van der Waals surface area contributed by atoms with E-state index in [4.69, 9.17) is 4.42 Å². The van der Waals surface area contributed by atoms with Crippen LogP contribution in [0.15, 0.2) is 77.7 Å². The average Bonchev–Trinajstić information content (AvgIpc) is 3.28. The molecule has 2 aromatic carbocycles. The van der Waals surface area contributed by atoms with Crippen LogP contribution in [0.2, 0.25) is 0 Å². The van der Waals surface area contributed by atoms with Gasteiger partial charge in [0.15, 0.2) is 0 Å². The van der Waals surface area contributed by atoms with Gasteiger partial charge in [-0.3, -0.25) is 4.79 Å². The zero-order valence-corrected chi connectivity index (χ0v) is 22.7. The van der Waals surface area contributed by atoms with Gasteiger partial charge in [-0.25, -0.2) is 4.79 Å². The van der Waals surface area contributed by atoms with Gasteiger partial charge >= 0.3 is 6.03 Å². The first-order valence-corrected chi connectivity index (χ1v) is 12.9. The summed E-state index contributed by atoms with van der Waals surface area (Å²) in [5.41, 5.74) is 3.98. The summed E-state index contributed by atoms with van der Waals surface area (Å²) in [5, 5.41) is 3.12. The number of furan rings is 1. The largest absolute Gasteiger partial charge is 0.464 e. The van der Waals surface area contributed by atoms with Crippen molar-refractivity contribution in [1.82, 2.24) is 9.80 Å². The highest BCUT2D eigenvalue weighted by atomic mass is 16.3. The van der Waals surface area contributed by atoms with Crippen molar-refractivity contribution in [2.45, 2.75) is 59.5 Å². The lowest BCUT2D eigenvalue weighted by Crippen LogP contribution is -2.44. The Morgan fingerprint density at radius 2 is 1.54 bits per heavy atom. The maximum Gasteiger partial charge on any atom is 0.322 e. The highest BCUT2D eigenvalue weighted by Crippen LogP contribution is 2.32. The van der Waals surface area contributed by atoms with Gasteiger partial charge in [-0.15, -0.1) is 6.58 Å². The number of anilines is 1. The van der Waals surface area contributed by atoms with Gasteiger partial charge in [0.1, 0.15) is 18.1 Å². The lowest BCUT2D eigenvalue weighted by atomic mass is 9.93. The molecule has 0 aliphatic rings. The molecule has 0 unspecified atom stereocenters. The van der Waals surface area contributed by atoms with Crippen LogP contribution in [-0.4, -0.2) is 34.8 Å². The van der Waals surface area contributed by atoms with E-state index in [1.54, 1.807) is 11.0 Å². The number of amides is 3.